The van der Waals surface area contributed by atoms with Gasteiger partial charge in [-0.1, -0.05) is 0 Å². The van der Waals surface area contributed by atoms with Crippen LogP contribution in [0.25, 0.3) is 11.1 Å². The summed E-state index contributed by atoms with van der Waals surface area (Å²) >= 11 is 0. The Morgan fingerprint density at radius 2 is 2.03 bits per heavy atom. The van der Waals surface area contributed by atoms with Crippen molar-refractivity contribution in [2.75, 3.05) is 29.5 Å². The van der Waals surface area contributed by atoms with E-state index in [1.165, 1.54) is 22.1 Å². The third kappa shape index (κ3) is 4.40. The van der Waals surface area contributed by atoms with Crippen LogP contribution in [0.3, 0.4) is 0 Å². The normalized spacial score (nSPS) is 20.7. The summed E-state index contributed by atoms with van der Waals surface area (Å²) in [5.41, 5.74) is 6.29. The predicted molar refractivity (Wildman–Crippen MR) is 113 cm³/mol. The number of primary amides is 1. The molecule has 4 rings (SSSR count). The Morgan fingerprint density at radius 3 is 2.66 bits per heavy atom. The van der Waals surface area contributed by atoms with Gasteiger partial charge in [-0.2, -0.15) is 0 Å². The zero-order valence-corrected chi connectivity index (χ0v) is 17.2. The SMILES string of the molecule is NC(=O)CC[C@H]1CN(c2ccc(-c3ccc(N4CC(CO)CC4=O)nc3)c(F)c2)C(=O)O1. The number of nitrogens with zero attached hydrogens (tertiary/aromatic N) is 3. The highest BCUT2D eigenvalue weighted by Crippen LogP contribution is 2.31. The summed E-state index contributed by atoms with van der Waals surface area (Å²) in [7, 11) is 0. The van der Waals surface area contributed by atoms with E-state index < -0.39 is 23.9 Å². The molecular formula is C22H23FN4O5. The van der Waals surface area contributed by atoms with Crippen molar-refractivity contribution < 1.29 is 28.6 Å². The van der Waals surface area contributed by atoms with Gasteiger partial charge in [0, 0.05) is 49.2 Å². The lowest BCUT2D eigenvalue weighted by atomic mass is 10.1. The Balaban J connectivity index is 1.47. The number of cyclic esters (lactones) is 1. The van der Waals surface area contributed by atoms with Crippen LogP contribution in [0.1, 0.15) is 19.3 Å². The van der Waals surface area contributed by atoms with E-state index in [4.69, 9.17) is 10.5 Å². The first-order chi connectivity index (χ1) is 15.4. The van der Waals surface area contributed by atoms with Crippen LogP contribution in [0.2, 0.25) is 0 Å². The fraction of sp³-hybridized carbons (Fsp3) is 0.364. The molecule has 10 heteroatoms. The van der Waals surface area contributed by atoms with Gasteiger partial charge in [-0.3, -0.25) is 19.4 Å². The summed E-state index contributed by atoms with van der Waals surface area (Å²) in [5.74, 6) is -0.776. The second-order valence-electron chi connectivity index (χ2n) is 7.95. The Hall–Kier alpha value is -3.53. The van der Waals surface area contributed by atoms with E-state index in [1.807, 2.05) is 0 Å². The Labute approximate surface area is 183 Å². The number of ether oxygens (including phenoxy) is 1. The Morgan fingerprint density at radius 1 is 1.22 bits per heavy atom. The minimum absolute atomic E-state index is 0.0612. The molecule has 9 nitrogen and oxygen atoms in total. The van der Waals surface area contributed by atoms with Crippen molar-refractivity contribution in [2.24, 2.45) is 11.7 Å². The maximum Gasteiger partial charge on any atom is 0.414 e. The fourth-order valence-electron chi connectivity index (χ4n) is 3.92. The molecule has 0 bridgehead atoms. The standard InChI is InChI=1S/C22H23FN4O5/c23-18-8-15(26-11-16(32-22(26)31)3-5-19(24)29)2-4-17(18)14-1-6-20(25-9-14)27-10-13(12-28)7-21(27)30/h1-2,4,6,8-9,13,16,28H,3,5,7,10-12H2,(H2,24,29)/t13?,16-/m0/s1. The molecular weight excluding hydrogens is 419 g/mol. The van der Waals surface area contributed by atoms with Crippen molar-refractivity contribution >= 4 is 29.4 Å². The Kier molecular flexibility index (Phi) is 6.04. The van der Waals surface area contributed by atoms with Gasteiger partial charge in [-0.05, 0) is 36.8 Å². The van der Waals surface area contributed by atoms with Crippen LogP contribution in [0.15, 0.2) is 36.5 Å². The minimum Gasteiger partial charge on any atom is -0.444 e. The highest BCUT2D eigenvalue weighted by atomic mass is 19.1. The van der Waals surface area contributed by atoms with Crippen LogP contribution in [-0.4, -0.2) is 53.8 Å². The van der Waals surface area contributed by atoms with E-state index in [0.29, 0.717) is 35.6 Å². The summed E-state index contributed by atoms with van der Waals surface area (Å²) in [5, 5.41) is 9.26. The lowest BCUT2D eigenvalue weighted by Crippen LogP contribution is -2.25. The molecule has 1 aromatic carbocycles. The molecule has 2 aromatic rings. The second kappa shape index (κ2) is 8.91. The average molecular weight is 442 g/mol. The molecule has 2 aliphatic rings. The Bertz CT molecular complexity index is 1050. The highest BCUT2D eigenvalue weighted by molar-refractivity contribution is 5.95. The lowest BCUT2D eigenvalue weighted by Gasteiger charge is -2.16. The van der Waals surface area contributed by atoms with Gasteiger partial charge in [-0.25, -0.2) is 14.2 Å². The van der Waals surface area contributed by atoms with Crippen LogP contribution in [0.4, 0.5) is 20.7 Å². The van der Waals surface area contributed by atoms with E-state index in [1.54, 1.807) is 24.3 Å². The van der Waals surface area contributed by atoms with E-state index >= 15 is 0 Å². The van der Waals surface area contributed by atoms with Gasteiger partial charge in [0.15, 0.2) is 0 Å². The zero-order valence-electron chi connectivity index (χ0n) is 17.2. The first-order valence-corrected chi connectivity index (χ1v) is 10.3. The number of carbonyl (C=O) groups excluding carboxylic acids is 3. The maximum absolute atomic E-state index is 14.9. The van der Waals surface area contributed by atoms with Crippen molar-refractivity contribution in [1.29, 1.82) is 0 Å². The van der Waals surface area contributed by atoms with Gasteiger partial charge in [0.25, 0.3) is 0 Å². The molecule has 0 spiro atoms. The lowest BCUT2D eigenvalue weighted by molar-refractivity contribution is -0.118. The number of anilines is 2. The summed E-state index contributed by atoms with van der Waals surface area (Å²) < 4.78 is 20.1. The van der Waals surface area contributed by atoms with Crippen molar-refractivity contribution in [1.82, 2.24) is 4.98 Å². The second-order valence-corrected chi connectivity index (χ2v) is 7.95. The topological polar surface area (TPSA) is 126 Å². The molecule has 3 heterocycles. The highest BCUT2D eigenvalue weighted by Gasteiger charge is 2.33. The number of aliphatic hydroxyl groups is 1. The molecule has 2 saturated heterocycles. The number of amides is 3. The van der Waals surface area contributed by atoms with Crippen LogP contribution in [-0.2, 0) is 14.3 Å². The molecule has 0 saturated carbocycles. The number of aromatic nitrogens is 1. The van der Waals surface area contributed by atoms with Crippen molar-refractivity contribution in [3.63, 3.8) is 0 Å². The number of hydrogen-bond acceptors (Lipinski definition) is 6. The minimum atomic E-state index is -0.603. The number of halogens is 1. The van der Waals surface area contributed by atoms with Crippen molar-refractivity contribution in [3.8, 4) is 11.1 Å². The van der Waals surface area contributed by atoms with Crippen molar-refractivity contribution in [2.45, 2.75) is 25.4 Å². The molecule has 1 unspecified atom stereocenters. The van der Waals surface area contributed by atoms with Crippen molar-refractivity contribution in [3.05, 3.63) is 42.3 Å². The number of aliphatic hydroxyl groups excluding tert-OH is 1. The van der Waals surface area contributed by atoms with Crippen LogP contribution in [0.5, 0.6) is 0 Å². The first kappa shape index (κ1) is 21.7. The molecule has 2 atom stereocenters. The summed E-state index contributed by atoms with van der Waals surface area (Å²) in [4.78, 5) is 42.3. The number of benzene rings is 1. The fourth-order valence-corrected chi connectivity index (χ4v) is 3.92. The summed E-state index contributed by atoms with van der Waals surface area (Å²) in [6.07, 6.45) is 1.10. The maximum atomic E-state index is 14.9. The molecule has 2 aliphatic heterocycles. The third-order valence-corrected chi connectivity index (χ3v) is 5.65. The number of carbonyl (C=O) groups is 3. The number of nitrogens with two attached hydrogens (primary N) is 1. The molecule has 32 heavy (non-hydrogen) atoms. The quantitative estimate of drug-likeness (QED) is 0.674. The third-order valence-electron chi connectivity index (χ3n) is 5.65. The molecule has 1 aromatic heterocycles. The predicted octanol–water partition coefficient (Wildman–Crippen LogP) is 1.82. The number of rotatable bonds is 7. The average Bonchev–Trinajstić information content (AvgIpc) is 3.34. The van der Waals surface area contributed by atoms with Crippen LogP contribution in [0, 0.1) is 11.7 Å². The number of hydrogen-bond donors (Lipinski definition) is 2. The van der Waals surface area contributed by atoms with Gasteiger partial charge in [0.1, 0.15) is 17.7 Å². The molecule has 0 aliphatic carbocycles. The molecule has 3 N–H and O–H groups in total. The van der Waals surface area contributed by atoms with Gasteiger partial charge in [0.2, 0.25) is 11.8 Å². The monoisotopic (exact) mass is 442 g/mol. The van der Waals surface area contributed by atoms with Gasteiger partial charge in [-0.15, -0.1) is 0 Å². The number of pyridine rings is 1. The zero-order chi connectivity index (χ0) is 22.8. The van der Waals surface area contributed by atoms with Gasteiger partial charge in [0.05, 0.1) is 12.2 Å². The largest absolute Gasteiger partial charge is 0.444 e. The molecule has 168 valence electrons. The van der Waals surface area contributed by atoms with Gasteiger partial charge >= 0.3 is 6.09 Å². The summed E-state index contributed by atoms with van der Waals surface area (Å²) in [6.45, 7) is 0.547. The van der Waals surface area contributed by atoms with E-state index in [9.17, 15) is 23.9 Å². The smallest absolute Gasteiger partial charge is 0.414 e. The first-order valence-electron chi connectivity index (χ1n) is 10.3. The van der Waals surface area contributed by atoms with E-state index in [2.05, 4.69) is 4.98 Å². The van der Waals surface area contributed by atoms with Crippen LogP contribution < -0.4 is 15.5 Å². The molecule has 3 amide bonds. The molecule has 2 fully saturated rings. The van der Waals surface area contributed by atoms with Crippen LogP contribution >= 0.6 is 0 Å². The van der Waals surface area contributed by atoms with Gasteiger partial charge < -0.3 is 15.6 Å². The summed E-state index contributed by atoms with van der Waals surface area (Å²) in [6, 6.07) is 7.72. The van der Waals surface area contributed by atoms with E-state index in [-0.39, 0.29) is 37.8 Å². The van der Waals surface area contributed by atoms with E-state index in [0.717, 1.165) is 0 Å². The molecule has 0 radical (unpaired) electrons.